The van der Waals surface area contributed by atoms with Gasteiger partial charge in [0.25, 0.3) is 0 Å². The van der Waals surface area contributed by atoms with Gasteiger partial charge in [0.15, 0.2) is 5.13 Å². The van der Waals surface area contributed by atoms with E-state index in [1.54, 1.807) is 18.4 Å². The van der Waals surface area contributed by atoms with E-state index in [4.69, 9.17) is 9.72 Å². The third kappa shape index (κ3) is 3.68. The number of hydrogen-bond donors (Lipinski definition) is 1. The van der Waals surface area contributed by atoms with Crippen LogP contribution in [-0.2, 0) is 17.9 Å². The second-order valence-electron chi connectivity index (χ2n) is 5.68. The molecule has 108 valence electrons. The second-order valence-corrected chi connectivity index (χ2v) is 6.74. The van der Waals surface area contributed by atoms with Gasteiger partial charge in [0, 0.05) is 31.6 Å². The summed E-state index contributed by atoms with van der Waals surface area (Å²) in [6.45, 7) is 8.40. The zero-order valence-corrected chi connectivity index (χ0v) is 13.2. The van der Waals surface area contributed by atoms with Crippen LogP contribution in [0.15, 0.2) is 0 Å². The molecule has 4 nitrogen and oxygen atoms in total. The lowest BCUT2D eigenvalue weighted by molar-refractivity contribution is 0.181. The molecular formula is C14H25N3OS. The van der Waals surface area contributed by atoms with Gasteiger partial charge in [-0.3, -0.25) is 0 Å². The van der Waals surface area contributed by atoms with Crippen LogP contribution in [0.2, 0.25) is 0 Å². The lowest BCUT2D eigenvalue weighted by atomic mass is 9.92. The van der Waals surface area contributed by atoms with Gasteiger partial charge in [-0.2, -0.15) is 0 Å². The van der Waals surface area contributed by atoms with Gasteiger partial charge in [-0.15, -0.1) is 11.3 Å². The molecule has 0 radical (unpaired) electrons. The molecule has 19 heavy (non-hydrogen) atoms. The van der Waals surface area contributed by atoms with E-state index in [1.165, 1.54) is 11.3 Å². The number of rotatable bonds is 5. The minimum absolute atomic E-state index is 0.604. The topological polar surface area (TPSA) is 37.4 Å². The first kappa shape index (κ1) is 14.8. The second kappa shape index (κ2) is 6.68. The fourth-order valence-corrected chi connectivity index (χ4v) is 3.97. The summed E-state index contributed by atoms with van der Waals surface area (Å²) >= 11 is 1.81. The SMILES string of the molecule is CNCc1sc(N2CC(C)CC(C)C2)nc1COC. The summed E-state index contributed by atoms with van der Waals surface area (Å²) in [5, 5.41) is 4.38. The number of nitrogens with one attached hydrogen (secondary N) is 1. The largest absolute Gasteiger partial charge is 0.378 e. The minimum atomic E-state index is 0.604. The van der Waals surface area contributed by atoms with Crippen molar-refractivity contribution in [1.29, 1.82) is 0 Å². The van der Waals surface area contributed by atoms with Crippen molar-refractivity contribution in [2.45, 2.75) is 33.4 Å². The molecule has 0 amide bonds. The maximum atomic E-state index is 5.26. The summed E-state index contributed by atoms with van der Waals surface area (Å²) < 4.78 is 5.26. The summed E-state index contributed by atoms with van der Waals surface area (Å²) in [6, 6.07) is 0. The van der Waals surface area contributed by atoms with Crippen LogP contribution in [-0.4, -0.2) is 32.2 Å². The zero-order valence-electron chi connectivity index (χ0n) is 12.4. The van der Waals surface area contributed by atoms with Gasteiger partial charge < -0.3 is 15.0 Å². The van der Waals surface area contributed by atoms with Crippen molar-refractivity contribution in [2.75, 3.05) is 32.1 Å². The highest BCUT2D eigenvalue weighted by Gasteiger charge is 2.25. The Kier molecular flexibility index (Phi) is 5.19. The van der Waals surface area contributed by atoms with Crippen LogP contribution >= 0.6 is 11.3 Å². The Morgan fingerprint density at radius 3 is 2.63 bits per heavy atom. The standard InChI is InChI=1S/C14H25N3OS/c1-10-5-11(2)8-17(7-10)14-16-12(9-18-4)13(19-14)6-15-3/h10-11,15H,5-9H2,1-4H3. The lowest BCUT2D eigenvalue weighted by Gasteiger charge is -2.34. The van der Waals surface area contributed by atoms with Gasteiger partial charge in [-0.05, 0) is 25.3 Å². The van der Waals surface area contributed by atoms with Crippen molar-refractivity contribution in [3.05, 3.63) is 10.6 Å². The average Bonchev–Trinajstić information content (AvgIpc) is 2.72. The summed E-state index contributed by atoms with van der Waals surface area (Å²) in [4.78, 5) is 8.53. The quantitative estimate of drug-likeness (QED) is 0.901. The fraction of sp³-hybridized carbons (Fsp3) is 0.786. The predicted molar refractivity (Wildman–Crippen MR) is 80.7 cm³/mol. The molecule has 0 bridgehead atoms. The molecule has 1 aromatic heterocycles. The Hall–Kier alpha value is -0.650. The van der Waals surface area contributed by atoms with Crippen molar-refractivity contribution in [1.82, 2.24) is 10.3 Å². The van der Waals surface area contributed by atoms with E-state index in [2.05, 4.69) is 24.1 Å². The average molecular weight is 283 g/mol. The van der Waals surface area contributed by atoms with E-state index >= 15 is 0 Å². The van der Waals surface area contributed by atoms with E-state index in [1.807, 2.05) is 7.05 Å². The third-order valence-corrected chi connectivity index (χ3v) is 4.68. The maximum absolute atomic E-state index is 5.26. The zero-order chi connectivity index (χ0) is 13.8. The smallest absolute Gasteiger partial charge is 0.185 e. The molecule has 1 aliphatic rings. The van der Waals surface area contributed by atoms with Gasteiger partial charge in [0.1, 0.15) is 0 Å². The molecule has 5 heteroatoms. The van der Waals surface area contributed by atoms with Crippen molar-refractivity contribution in [3.63, 3.8) is 0 Å². The van der Waals surface area contributed by atoms with E-state index in [0.29, 0.717) is 6.61 Å². The molecule has 2 heterocycles. The van der Waals surface area contributed by atoms with Gasteiger partial charge in [-0.1, -0.05) is 13.8 Å². The number of nitrogens with zero attached hydrogens (tertiary/aromatic N) is 2. The monoisotopic (exact) mass is 283 g/mol. The first-order valence-corrected chi connectivity index (χ1v) is 7.82. The molecule has 2 unspecified atom stereocenters. The minimum Gasteiger partial charge on any atom is -0.378 e. The summed E-state index contributed by atoms with van der Waals surface area (Å²) in [6.07, 6.45) is 1.33. The highest BCUT2D eigenvalue weighted by molar-refractivity contribution is 7.15. The molecule has 1 aliphatic heterocycles. The summed E-state index contributed by atoms with van der Waals surface area (Å²) in [7, 11) is 3.70. The molecule has 1 aromatic rings. The molecule has 2 rings (SSSR count). The Balaban J connectivity index is 2.16. The highest BCUT2D eigenvalue weighted by Crippen LogP contribution is 2.31. The molecule has 1 N–H and O–H groups in total. The maximum Gasteiger partial charge on any atom is 0.185 e. The van der Waals surface area contributed by atoms with Crippen LogP contribution in [0.4, 0.5) is 5.13 Å². The summed E-state index contributed by atoms with van der Waals surface area (Å²) in [5.41, 5.74) is 1.09. The number of hydrogen-bond acceptors (Lipinski definition) is 5. The highest BCUT2D eigenvalue weighted by atomic mass is 32.1. The van der Waals surface area contributed by atoms with E-state index in [-0.39, 0.29) is 0 Å². The van der Waals surface area contributed by atoms with Gasteiger partial charge in [0.2, 0.25) is 0 Å². The molecule has 0 saturated carbocycles. The van der Waals surface area contributed by atoms with E-state index < -0.39 is 0 Å². The Labute approximate surface area is 120 Å². The molecular weight excluding hydrogens is 258 g/mol. The number of piperidine rings is 1. The number of thiazole rings is 1. The molecule has 0 aliphatic carbocycles. The molecule has 0 aromatic carbocycles. The molecule has 1 fully saturated rings. The predicted octanol–water partition coefficient (Wildman–Crippen LogP) is 2.49. The van der Waals surface area contributed by atoms with E-state index in [0.717, 1.165) is 42.3 Å². The van der Waals surface area contributed by atoms with Crippen LogP contribution in [0.3, 0.4) is 0 Å². The molecule has 1 saturated heterocycles. The number of ether oxygens (including phenoxy) is 1. The Morgan fingerprint density at radius 2 is 2.05 bits per heavy atom. The first-order valence-electron chi connectivity index (χ1n) is 7.01. The Bertz CT molecular complexity index is 374. The summed E-state index contributed by atoms with van der Waals surface area (Å²) in [5.74, 6) is 1.51. The first-order chi connectivity index (χ1) is 9.13. The molecule has 0 spiro atoms. The number of aromatic nitrogens is 1. The lowest BCUT2D eigenvalue weighted by Crippen LogP contribution is -2.38. The van der Waals surface area contributed by atoms with E-state index in [9.17, 15) is 0 Å². The number of anilines is 1. The third-order valence-electron chi connectivity index (χ3n) is 3.52. The fourth-order valence-electron chi connectivity index (χ4n) is 2.87. The molecule has 2 atom stereocenters. The van der Waals surface area contributed by atoms with Crippen LogP contribution in [0.5, 0.6) is 0 Å². The van der Waals surface area contributed by atoms with Crippen LogP contribution < -0.4 is 10.2 Å². The van der Waals surface area contributed by atoms with Gasteiger partial charge in [-0.25, -0.2) is 4.98 Å². The van der Waals surface area contributed by atoms with Crippen LogP contribution in [0.1, 0.15) is 30.8 Å². The van der Waals surface area contributed by atoms with Gasteiger partial charge in [0.05, 0.1) is 12.3 Å². The Morgan fingerprint density at radius 1 is 1.37 bits per heavy atom. The number of methoxy groups -OCH3 is 1. The van der Waals surface area contributed by atoms with Crippen molar-refractivity contribution in [2.24, 2.45) is 11.8 Å². The van der Waals surface area contributed by atoms with Crippen LogP contribution in [0.25, 0.3) is 0 Å². The van der Waals surface area contributed by atoms with Gasteiger partial charge >= 0.3 is 0 Å². The van der Waals surface area contributed by atoms with Crippen LogP contribution in [0, 0.1) is 11.8 Å². The normalized spacial score (nSPS) is 23.9. The van der Waals surface area contributed by atoms with Crippen molar-refractivity contribution >= 4 is 16.5 Å². The van der Waals surface area contributed by atoms with Crippen molar-refractivity contribution < 1.29 is 4.74 Å². The van der Waals surface area contributed by atoms with Crippen molar-refractivity contribution in [3.8, 4) is 0 Å².